The molecule has 0 aliphatic rings. The van der Waals surface area contributed by atoms with Gasteiger partial charge in [-0.05, 0) is 42.5 Å². The first-order valence-electron chi connectivity index (χ1n) is 7.23. The number of alkyl halides is 3. The summed E-state index contributed by atoms with van der Waals surface area (Å²) in [6.45, 7) is 0. The number of nitrogens with two attached hydrogens (primary N) is 1. The molecule has 3 aromatic rings. The van der Waals surface area contributed by atoms with Crippen LogP contribution in [0.3, 0.4) is 0 Å². The van der Waals surface area contributed by atoms with Crippen LogP contribution in [-0.4, -0.2) is 18.2 Å². The minimum atomic E-state index is -4.83. The number of primary sulfonamides is 1. The largest absolute Gasteiger partial charge is 0.435 e. The van der Waals surface area contributed by atoms with E-state index in [-0.39, 0.29) is 16.3 Å². The Morgan fingerprint density at radius 1 is 1.00 bits per heavy atom. The van der Waals surface area contributed by atoms with Crippen LogP contribution < -0.4 is 5.14 Å². The Morgan fingerprint density at radius 2 is 1.63 bits per heavy atom. The van der Waals surface area contributed by atoms with E-state index >= 15 is 0 Å². The van der Waals surface area contributed by atoms with E-state index < -0.39 is 39.1 Å². The van der Waals surface area contributed by atoms with E-state index in [9.17, 15) is 30.4 Å². The number of hydrogen-bond donors (Lipinski definition) is 1. The van der Waals surface area contributed by atoms with Gasteiger partial charge in [0, 0.05) is 5.56 Å². The predicted octanol–water partition coefficient (Wildman–Crippen LogP) is 3.48. The molecule has 0 fully saturated rings. The Balaban J connectivity index is 2.23. The van der Waals surface area contributed by atoms with Crippen molar-refractivity contribution < 1.29 is 30.4 Å². The van der Waals surface area contributed by atoms with Crippen LogP contribution in [0.2, 0.25) is 0 Å². The Labute approximate surface area is 149 Å². The van der Waals surface area contributed by atoms with Crippen LogP contribution in [0.5, 0.6) is 0 Å². The van der Waals surface area contributed by atoms with Crippen LogP contribution >= 0.6 is 0 Å². The molecule has 0 saturated heterocycles. The molecule has 0 aliphatic heterocycles. The first-order valence-corrected chi connectivity index (χ1v) is 8.78. The smallest absolute Gasteiger partial charge is 0.232 e. The minimum Gasteiger partial charge on any atom is -0.232 e. The first-order chi connectivity index (χ1) is 12.5. The fraction of sp³-hybridized carbons (Fsp3) is 0.0625. The zero-order valence-electron chi connectivity index (χ0n) is 13.2. The van der Waals surface area contributed by atoms with Gasteiger partial charge in [-0.1, -0.05) is 6.07 Å². The normalized spacial score (nSPS) is 12.4. The third-order valence-corrected chi connectivity index (χ3v) is 4.57. The van der Waals surface area contributed by atoms with E-state index in [1.165, 1.54) is 0 Å². The lowest BCUT2D eigenvalue weighted by Gasteiger charge is -2.09. The molecule has 0 saturated carbocycles. The van der Waals surface area contributed by atoms with Gasteiger partial charge in [-0.15, -0.1) is 0 Å². The van der Waals surface area contributed by atoms with E-state index in [1.54, 1.807) is 0 Å². The summed E-state index contributed by atoms with van der Waals surface area (Å²) in [5, 5.41) is 8.39. The van der Waals surface area contributed by atoms with Crippen LogP contribution in [0.15, 0.2) is 53.4 Å². The SMILES string of the molecule is NS(=O)(=O)c1ccc(-n2nc(C(F)(F)F)cc2-c2cccc(F)c2F)cc1. The molecule has 0 atom stereocenters. The fourth-order valence-electron chi connectivity index (χ4n) is 2.39. The van der Waals surface area contributed by atoms with Crippen molar-refractivity contribution in [2.75, 3.05) is 0 Å². The van der Waals surface area contributed by atoms with E-state index in [0.717, 1.165) is 47.1 Å². The zero-order chi connectivity index (χ0) is 20.0. The monoisotopic (exact) mass is 403 g/mol. The molecule has 0 bridgehead atoms. The maximum absolute atomic E-state index is 14.1. The van der Waals surface area contributed by atoms with E-state index in [2.05, 4.69) is 5.10 Å². The fourth-order valence-corrected chi connectivity index (χ4v) is 2.90. The van der Waals surface area contributed by atoms with Gasteiger partial charge in [-0.2, -0.15) is 18.3 Å². The molecule has 0 amide bonds. The summed E-state index contributed by atoms with van der Waals surface area (Å²) in [7, 11) is -4.01. The molecule has 0 unspecified atom stereocenters. The van der Waals surface area contributed by atoms with Crippen molar-refractivity contribution >= 4 is 10.0 Å². The summed E-state index contributed by atoms with van der Waals surface area (Å²) in [4.78, 5) is -0.270. The van der Waals surface area contributed by atoms with Gasteiger partial charge in [0.2, 0.25) is 10.0 Å². The molecule has 2 N–H and O–H groups in total. The van der Waals surface area contributed by atoms with Gasteiger partial charge in [-0.3, -0.25) is 0 Å². The topological polar surface area (TPSA) is 78.0 Å². The summed E-state index contributed by atoms with van der Waals surface area (Å²) < 4.78 is 90.2. The van der Waals surface area contributed by atoms with E-state index in [4.69, 9.17) is 5.14 Å². The van der Waals surface area contributed by atoms with Crippen LogP contribution in [0.25, 0.3) is 16.9 Å². The predicted molar refractivity (Wildman–Crippen MR) is 85.3 cm³/mol. The Morgan fingerprint density at radius 3 is 2.19 bits per heavy atom. The first kappa shape index (κ1) is 19.0. The molecule has 27 heavy (non-hydrogen) atoms. The molecule has 2 aromatic carbocycles. The number of benzene rings is 2. The van der Waals surface area contributed by atoms with Crippen molar-refractivity contribution in [3.63, 3.8) is 0 Å². The summed E-state index contributed by atoms with van der Waals surface area (Å²) >= 11 is 0. The molecule has 0 aliphatic carbocycles. The molecular weight excluding hydrogens is 393 g/mol. The van der Waals surface area contributed by atoms with Crippen molar-refractivity contribution in [1.29, 1.82) is 0 Å². The van der Waals surface area contributed by atoms with Crippen molar-refractivity contribution in [1.82, 2.24) is 9.78 Å². The number of sulfonamides is 1. The van der Waals surface area contributed by atoms with Gasteiger partial charge in [0.1, 0.15) is 0 Å². The lowest BCUT2D eigenvalue weighted by Crippen LogP contribution is -2.12. The number of aromatic nitrogens is 2. The molecule has 3 rings (SSSR count). The second kappa shape index (κ2) is 6.43. The van der Waals surface area contributed by atoms with Crippen molar-refractivity contribution in [2.24, 2.45) is 5.14 Å². The summed E-state index contributed by atoms with van der Waals surface area (Å²) in [6, 6.07) is 8.06. The molecule has 1 aromatic heterocycles. The van der Waals surface area contributed by atoms with Gasteiger partial charge in [0.05, 0.1) is 16.3 Å². The highest BCUT2D eigenvalue weighted by molar-refractivity contribution is 7.89. The summed E-state index contributed by atoms with van der Waals surface area (Å²) in [5.74, 6) is -2.58. The molecular formula is C16H10F5N3O2S. The minimum absolute atomic E-state index is 0.00318. The van der Waals surface area contributed by atoms with Gasteiger partial charge in [0.15, 0.2) is 17.3 Å². The highest BCUT2D eigenvalue weighted by atomic mass is 32.2. The summed E-state index contributed by atoms with van der Waals surface area (Å²) in [5.41, 5.74) is -2.12. The van der Waals surface area contributed by atoms with Crippen molar-refractivity contribution in [2.45, 2.75) is 11.1 Å². The second-order valence-electron chi connectivity index (χ2n) is 5.46. The Kier molecular flexibility index (Phi) is 4.52. The average molecular weight is 403 g/mol. The summed E-state index contributed by atoms with van der Waals surface area (Å²) in [6.07, 6.45) is -4.83. The lowest BCUT2D eigenvalue weighted by atomic mass is 10.1. The zero-order valence-corrected chi connectivity index (χ0v) is 14.0. The molecule has 1 heterocycles. The van der Waals surface area contributed by atoms with Gasteiger partial charge in [0.25, 0.3) is 0 Å². The third-order valence-electron chi connectivity index (χ3n) is 3.64. The molecule has 142 valence electrons. The van der Waals surface area contributed by atoms with E-state index in [1.807, 2.05) is 0 Å². The van der Waals surface area contributed by atoms with Crippen LogP contribution in [0.4, 0.5) is 22.0 Å². The highest BCUT2D eigenvalue weighted by Crippen LogP contribution is 2.34. The molecule has 5 nitrogen and oxygen atoms in total. The highest BCUT2D eigenvalue weighted by Gasteiger charge is 2.35. The van der Waals surface area contributed by atoms with Gasteiger partial charge in [-0.25, -0.2) is 27.0 Å². The van der Waals surface area contributed by atoms with Crippen molar-refractivity contribution in [3.05, 3.63) is 65.9 Å². The number of halogens is 5. The molecule has 0 radical (unpaired) electrons. The number of rotatable bonds is 3. The average Bonchev–Trinajstić information content (AvgIpc) is 3.02. The van der Waals surface area contributed by atoms with Crippen LogP contribution in [0.1, 0.15) is 5.69 Å². The Bertz CT molecular complexity index is 1110. The molecule has 11 heteroatoms. The molecule has 0 spiro atoms. The third kappa shape index (κ3) is 3.69. The van der Waals surface area contributed by atoms with Gasteiger partial charge < -0.3 is 0 Å². The standard InChI is InChI=1S/C16H10F5N3O2S/c17-12-3-1-2-11(15(12)18)13-8-14(16(19,20)21)23-24(13)9-4-6-10(7-5-9)27(22,25)26/h1-8H,(H2,22,25,26). The Hall–Kier alpha value is -2.79. The van der Waals surface area contributed by atoms with E-state index in [0.29, 0.717) is 6.07 Å². The maximum atomic E-state index is 14.1. The quantitative estimate of drug-likeness (QED) is 0.680. The van der Waals surface area contributed by atoms with Crippen LogP contribution in [-0.2, 0) is 16.2 Å². The second-order valence-corrected chi connectivity index (χ2v) is 7.03. The number of nitrogens with zero attached hydrogens (tertiary/aromatic N) is 2. The maximum Gasteiger partial charge on any atom is 0.435 e. The van der Waals surface area contributed by atoms with Gasteiger partial charge >= 0.3 is 6.18 Å². The van der Waals surface area contributed by atoms with Crippen molar-refractivity contribution in [3.8, 4) is 16.9 Å². The number of hydrogen-bond acceptors (Lipinski definition) is 3. The van der Waals surface area contributed by atoms with Crippen LogP contribution in [0, 0.1) is 11.6 Å². The lowest BCUT2D eigenvalue weighted by molar-refractivity contribution is -0.141.